The van der Waals surface area contributed by atoms with E-state index in [1.807, 2.05) is 48.5 Å². The Hall–Kier alpha value is -3.26. The number of allylic oxidation sites excluding steroid dienone is 1. The summed E-state index contributed by atoms with van der Waals surface area (Å²) in [6.45, 7) is 5.96. The molecule has 4 aromatic carbocycles. The van der Waals surface area contributed by atoms with Crippen LogP contribution in [0.15, 0.2) is 85.5 Å². The van der Waals surface area contributed by atoms with E-state index in [1.165, 1.54) is 36.5 Å². The van der Waals surface area contributed by atoms with Crippen molar-refractivity contribution in [1.82, 2.24) is 0 Å². The minimum Gasteiger partial charge on any atom is -0.206 e. The van der Waals surface area contributed by atoms with E-state index in [0.29, 0.717) is 22.1 Å². The van der Waals surface area contributed by atoms with Gasteiger partial charge in [-0.05, 0) is 59.4 Å². The summed E-state index contributed by atoms with van der Waals surface area (Å²) in [6, 6.07) is 22.6. The molecule has 0 radical (unpaired) electrons. The summed E-state index contributed by atoms with van der Waals surface area (Å²) in [5, 5.41) is 1.47. The van der Waals surface area contributed by atoms with E-state index in [9.17, 15) is 0 Å². The lowest BCUT2D eigenvalue weighted by molar-refractivity contribution is 0.630. The first kappa shape index (κ1) is 23.9. The quantitative estimate of drug-likeness (QED) is 0.165. The number of fused-ring (bicyclic) bond motifs is 1. The van der Waals surface area contributed by atoms with Crippen LogP contribution in [0, 0.1) is 11.6 Å². The number of hydrogen-bond acceptors (Lipinski definition) is 0. The highest BCUT2D eigenvalue weighted by Gasteiger charge is 2.13. The maximum atomic E-state index is 15.4. The lowest BCUT2D eigenvalue weighted by Gasteiger charge is -2.11. The predicted molar refractivity (Wildman–Crippen MR) is 141 cm³/mol. The lowest BCUT2D eigenvalue weighted by atomic mass is 9.95. The van der Waals surface area contributed by atoms with Gasteiger partial charge in [0.25, 0.3) is 0 Å². The smallest absolute Gasteiger partial charge is 0.138 e. The van der Waals surface area contributed by atoms with Crippen LogP contribution in [-0.4, -0.2) is 0 Å². The maximum Gasteiger partial charge on any atom is 0.138 e. The standard InChI is InChI=1S/C32H32F2/c1-3-5-7-8-10-24-13-18-29-26(21-24)17-20-30(32(29)34)27-16-19-28(31(33)22-27)25-14-11-23(12-15-25)9-6-4-2/h4,11-22H,2-3,5-10H2,1H3. The van der Waals surface area contributed by atoms with Gasteiger partial charge in [-0.25, -0.2) is 8.78 Å². The van der Waals surface area contributed by atoms with Gasteiger partial charge in [-0.3, -0.25) is 0 Å². The molecule has 0 aromatic heterocycles. The van der Waals surface area contributed by atoms with Crippen molar-refractivity contribution in [2.24, 2.45) is 0 Å². The van der Waals surface area contributed by atoms with Crippen molar-refractivity contribution in [3.63, 3.8) is 0 Å². The summed E-state index contributed by atoms with van der Waals surface area (Å²) in [5.74, 6) is -0.646. The molecule has 4 aromatic rings. The van der Waals surface area contributed by atoms with E-state index in [-0.39, 0.29) is 11.6 Å². The first-order chi connectivity index (χ1) is 16.6. The van der Waals surface area contributed by atoms with Crippen molar-refractivity contribution in [3.8, 4) is 22.3 Å². The molecular weight excluding hydrogens is 422 g/mol. The zero-order valence-corrected chi connectivity index (χ0v) is 19.9. The fourth-order valence-electron chi connectivity index (χ4n) is 4.51. The Labute approximate surface area is 202 Å². The van der Waals surface area contributed by atoms with Crippen LogP contribution >= 0.6 is 0 Å². The number of hydrogen-bond donors (Lipinski definition) is 0. The molecule has 0 aliphatic heterocycles. The molecule has 0 unspecified atom stereocenters. The van der Waals surface area contributed by atoms with Crippen LogP contribution in [0.4, 0.5) is 8.78 Å². The summed E-state index contributed by atoms with van der Waals surface area (Å²) < 4.78 is 30.5. The fourth-order valence-corrected chi connectivity index (χ4v) is 4.51. The predicted octanol–water partition coefficient (Wildman–Crippen LogP) is 9.69. The molecule has 4 rings (SSSR count). The number of halogens is 2. The number of benzene rings is 4. The van der Waals surface area contributed by atoms with Crippen LogP contribution in [0.5, 0.6) is 0 Å². The van der Waals surface area contributed by atoms with E-state index in [2.05, 4.69) is 19.6 Å². The molecule has 0 nitrogen and oxygen atoms in total. The SMILES string of the molecule is C=CCCc1ccc(-c2ccc(-c3ccc4cc(CCCCCC)ccc4c3F)cc2F)cc1. The molecular formula is C32H32F2. The monoisotopic (exact) mass is 454 g/mol. The molecule has 0 saturated heterocycles. The second kappa shape index (κ2) is 11.2. The lowest BCUT2D eigenvalue weighted by Crippen LogP contribution is -1.92. The zero-order valence-electron chi connectivity index (χ0n) is 19.9. The van der Waals surface area contributed by atoms with Gasteiger partial charge in [-0.15, -0.1) is 6.58 Å². The first-order valence-corrected chi connectivity index (χ1v) is 12.3. The number of aryl methyl sites for hydroxylation is 2. The number of rotatable bonds is 10. The third-order valence-electron chi connectivity index (χ3n) is 6.52. The van der Waals surface area contributed by atoms with Crippen molar-refractivity contribution in [2.75, 3.05) is 0 Å². The molecule has 0 amide bonds. The van der Waals surface area contributed by atoms with E-state index in [4.69, 9.17) is 0 Å². The molecule has 0 N–H and O–H groups in total. The van der Waals surface area contributed by atoms with Crippen LogP contribution in [-0.2, 0) is 12.8 Å². The first-order valence-electron chi connectivity index (χ1n) is 12.3. The van der Waals surface area contributed by atoms with Gasteiger partial charge >= 0.3 is 0 Å². The Morgan fingerprint density at radius 3 is 2.18 bits per heavy atom. The van der Waals surface area contributed by atoms with Crippen LogP contribution in [0.2, 0.25) is 0 Å². The second-order valence-electron chi connectivity index (χ2n) is 9.01. The second-order valence-corrected chi connectivity index (χ2v) is 9.01. The van der Waals surface area contributed by atoms with Crippen molar-refractivity contribution in [1.29, 1.82) is 0 Å². The van der Waals surface area contributed by atoms with Gasteiger partial charge in [-0.1, -0.05) is 99.0 Å². The third-order valence-corrected chi connectivity index (χ3v) is 6.52. The summed E-state index contributed by atoms with van der Waals surface area (Å²) in [5.41, 5.74) is 4.75. The Kier molecular flexibility index (Phi) is 7.90. The highest BCUT2D eigenvalue weighted by molar-refractivity contribution is 5.89. The van der Waals surface area contributed by atoms with Crippen molar-refractivity contribution < 1.29 is 8.78 Å². The largest absolute Gasteiger partial charge is 0.206 e. The molecule has 34 heavy (non-hydrogen) atoms. The van der Waals surface area contributed by atoms with E-state index >= 15 is 8.78 Å². The summed E-state index contributed by atoms with van der Waals surface area (Å²) in [4.78, 5) is 0. The third kappa shape index (κ3) is 5.44. The average molecular weight is 455 g/mol. The molecule has 0 fully saturated rings. The molecule has 0 bridgehead atoms. The zero-order chi connectivity index (χ0) is 23.9. The van der Waals surface area contributed by atoms with E-state index in [0.717, 1.165) is 36.6 Å². The average Bonchev–Trinajstić information content (AvgIpc) is 2.86. The Morgan fingerprint density at radius 2 is 1.44 bits per heavy atom. The molecule has 0 aliphatic rings. The van der Waals surface area contributed by atoms with Crippen LogP contribution in [0.25, 0.3) is 33.0 Å². The summed E-state index contributed by atoms with van der Waals surface area (Å²) >= 11 is 0. The van der Waals surface area contributed by atoms with Gasteiger partial charge in [0, 0.05) is 16.5 Å². The topological polar surface area (TPSA) is 0 Å². The van der Waals surface area contributed by atoms with Gasteiger partial charge in [0.15, 0.2) is 0 Å². The summed E-state index contributed by atoms with van der Waals surface area (Å²) in [7, 11) is 0. The maximum absolute atomic E-state index is 15.4. The molecule has 0 saturated carbocycles. The van der Waals surface area contributed by atoms with E-state index < -0.39 is 0 Å². The number of unbranched alkanes of at least 4 members (excludes halogenated alkanes) is 3. The fraction of sp³-hybridized carbons (Fsp3) is 0.250. The summed E-state index contributed by atoms with van der Waals surface area (Å²) in [6.07, 6.45) is 9.60. The Morgan fingerprint density at radius 1 is 0.706 bits per heavy atom. The van der Waals surface area contributed by atoms with E-state index in [1.54, 1.807) is 18.2 Å². The molecule has 2 heteroatoms. The highest BCUT2D eigenvalue weighted by Crippen LogP contribution is 2.33. The molecule has 174 valence electrons. The van der Waals surface area contributed by atoms with Gasteiger partial charge < -0.3 is 0 Å². The van der Waals surface area contributed by atoms with Gasteiger partial charge in [0.2, 0.25) is 0 Å². The molecule has 0 aliphatic carbocycles. The van der Waals surface area contributed by atoms with Crippen LogP contribution < -0.4 is 0 Å². The van der Waals surface area contributed by atoms with Crippen molar-refractivity contribution in [2.45, 2.75) is 51.9 Å². The van der Waals surface area contributed by atoms with Crippen molar-refractivity contribution in [3.05, 3.63) is 108 Å². The Bertz CT molecular complexity index is 1270. The molecule has 0 atom stereocenters. The molecule has 0 spiro atoms. The minimum atomic E-state index is -0.349. The van der Waals surface area contributed by atoms with Crippen LogP contribution in [0.1, 0.15) is 50.2 Å². The van der Waals surface area contributed by atoms with Gasteiger partial charge in [0.05, 0.1) is 0 Å². The molecule has 0 heterocycles. The van der Waals surface area contributed by atoms with Gasteiger partial charge in [-0.2, -0.15) is 0 Å². The Balaban J connectivity index is 1.57. The normalized spacial score (nSPS) is 11.1. The minimum absolute atomic E-state index is 0.297. The highest BCUT2D eigenvalue weighted by atomic mass is 19.1. The van der Waals surface area contributed by atoms with Crippen molar-refractivity contribution >= 4 is 10.8 Å². The van der Waals surface area contributed by atoms with Crippen LogP contribution in [0.3, 0.4) is 0 Å². The van der Waals surface area contributed by atoms with Gasteiger partial charge in [0.1, 0.15) is 11.6 Å².